The van der Waals surface area contributed by atoms with Gasteiger partial charge in [-0.2, -0.15) is 0 Å². The number of hydrogen-bond donors (Lipinski definition) is 2. The van der Waals surface area contributed by atoms with Gasteiger partial charge in [-0.3, -0.25) is 9.59 Å². The van der Waals surface area contributed by atoms with Gasteiger partial charge in [-0.25, -0.2) is 4.98 Å². The van der Waals surface area contributed by atoms with E-state index in [1.54, 1.807) is 48.5 Å². The van der Waals surface area contributed by atoms with Gasteiger partial charge < -0.3 is 15.4 Å². The Morgan fingerprint density at radius 2 is 1.77 bits per heavy atom. The average Bonchev–Trinajstić information content (AvgIpc) is 3.11. The molecule has 1 heterocycles. The summed E-state index contributed by atoms with van der Waals surface area (Å²) in [4.78, 5) is 28.1. The van der Waals surface area contributed by atoms with Crippen LogP contribution in [0.4, 0.5) is 10.8 Å². The quantitative estimate of drug-likeness (QED) is 0.404. The molecule has 0 saturated carbocycles. The van der Waals surface area contributed by atoms with Crippen molar-refractivity contribution in [3.8, 4) is 11.5 Å². The van der Waals surface area contributed by atoms with Crippen molar-refractivity contribution in [2.24, 2.45) is 0 Å². The summed E-state index contributed by atoms with van der Waals surface area (Å²) in [7, 11) is 0. The third-order valence-electron chi connectivity index (χ3n) is 4.11. The normalized spacial score (nSPS) is 10.6. The van der Waals surface area contributed by atoms with E-state index in [9.17, 15) is 9.59 Å². The zero-order valence-electron chi connectivity index (χ0n) is 15.8. The van der Waals surface area contributed by atoms with E-state index < -0.39 is 0 Å². The van der Waals surface area contributed by atoms with E-state index in [0.717, 1.165) is 4.70 Å². The topological polar surface area (TPSA) is 80.3 Å². The van der Waals surface area contributed by atoms with E-state index in [-0.39, 0.29) is 11.8 Å². The second kappa shape index (κ2) is 8.52. The fourth-order valence-electron chi connectivity index (χ4n) is 2.74. The maximum absolute atomic E-state index is 12.6. The molecule has 0 aliphatic heterocycles. The molecule has 0 saturated heterocycles. The van der Waals surface area contributed by atoms with Crippen molar-refractivity contribution in [2.45, 2.75) is 6.92 Å². The Hall–Kier alpha value is -3.42. The number of carbonyl (C=O) groups excluding carboxylic acids is 2. The Kier molecular flexibility index (Phi) is 5.65. The van der Waals surface area contributed by atoms with E-state index in [0.29, 0.717) is 38.4 Å². The fraction of sp³-hybridized carbons (Fsp3) is 0.0455. The summed E-state index contributed by atoms with van der Waals surface area (Å²) >= 11 is 7.47. The van der Waals surface area contributed by atoms with Gasteiger partial charge in [0, 0.05) is 18.2 Å². The van der Waals surface area contributed by atoms with Crippen LogP contribution in [0.5, 0.6) is 11.5 Å². The number of rotatable bonds is 5. The number of anilines is 2. The van der Waals surface area contributed by atoms with E-state index in [1.807, 2.05) is 18.2 Å². The largest absolute Gasteiger partial charge is 0.456 e. The van der Waals surface area contributed by atoms with Crippen molar-refractivity contribution in [3.05, 3.63) is 77.3 Å². The predicted molar refractivity (Wildman–Crippen MR) is 120 cm³/mol. The Bertz CT molecular complexity index is 1240. The number of amides is 2. The average molecular weight is 438 g/mol. The summed E-state index contributed by atoms with van der Waals surface area (Å²) in [5, 5.41) is 6.56. The molecule has 6 nitrogen and oxygen atoms in total. The fourth-order valence-corrected chi connectivity index (χ4v) is 3.81. The van der Waals surface area contributed by atoms with Crippen molar-refractivity contribution in [2.75, 3.05) is 10.6 Å². The molecule has 2 amide bonds. The van der Waals surface area contributed by atoms with Gasteiger partial charge in [0.15, 0.2) is 5.13 Å². The number of halogens is 1. The second-order valence-electron chi connectivity index (χ2n) is 6.39. The van der Waals surface area contributed by atoms with Gasteiger partial charge >= 0.3 is 0 Å². The summed E-state index contributed by atoms with van der Waals surface area (Å²) in [5.74, 6) is 0.695. The van der Waals surface area contributed by atoms with Gasteiger partial charge in [0.05, 0.1) is 15.2 Å². The number of hydrogen-bond acceptors (Lipinski definition) is 5. The molecule has 8 heteroatoms. The zero-order chi connectivity index (χ0) is 21.1. The summed E-state index contributed by atoms with van der Waals surface area (Å²) in [6.07, 6.45) is 0. The van der Waals surface area contributed by atoms with Gasteiger partial charge in [-0.15, -0.1) is 0 Å². The van der Waals surface area contributed by atoms with Crippen LogP contribution in [0.1, 0.15) is 17.3 Å². The lowest BCUT2D eigenvalue weighted by Gasteiger charge is -2.09. The minimum Gasteiger partial charge on any atom is -0.456 e. The molecular weight excluding hydrogens is 422 g/mol. The molecule has 0 fully saturated rings. The van der Waals surface area contributed by atoms with Gasteiger partial charge in [0.1, 0.15) is 11.5 Å². The second-order valence-corrected chi connectivity index (χ2v) is 7.83. The van der Waals surface area contributed by atoms with Gasteiger partial charge in [0.2, 0.25) is 5.91 Å². The molecule has 150 valence electrons. The highest BCUT2D eigenvalue weighted by Crippen LogP contribution is 2.30. The number of fused-ring (bicyclic) bond motifs is 1. The van der Waals surface area contributed by atoms with Crippen LogP contribution in [-0.2, 0) is 4.79 Å². The summed E-state index contributed by atoms with van der Waals surface area (Å²) in [6.45, 7) is 1.43. The van der Waals surface area contributed by atoms with Gasteiger partial charge in [-0.05, 0) is 54.6 Å². The highest BCUT2D eigenvalue weighted by atomic mass is 35.5. The van der Waals surface area contributed by atoms with Crippen molar-refractivity contribution in [1.29, 1.82) is 0 Å². The SMILES string of the molecule is CC(=O)Nc1nc2cc(NC(=O)c3ccc(Oc4ccccc4Cl)cc3)ccc2s1. The summed E-state index contributed by atoms with van der Waals surface area (Å²) in [6, 6.07) is 19.4. The molecule has 0 radical (unpaired) electrons. The lowest BCUT2D eigenvalue weighted by Crippen LogP contribution is -2.11. The molecule has 0 unspecified atom stereocenters. The van der Waals surface area contributed by atoms with E-state index in [4.69, 9.17) is 16.3 Å². The van der Waals surface area contributed by atoms with Crippen molar-refractivity contribution in [3.63, 3.8) is 0 Å². The first-order valence-corrected chi connectivity index (χ1v) is 10.2. The maximum Gasteiger partial charge on any atom is 0.255 e. The molecule has 4 rings (SSSR count). The molecule has 0 bridgehead atoms. The van der Waals surface area contributed by atoms with Crippen LogP contribution in [0.15, 0.2) is 66.7 Å². The Morgan fingerprint density at radius 3 is 2.50 bits per heavy atom. The number of carbonyl (C=O) groups is 2. The van der Waals surface area contributed by atoms with Crippen molar-refractivity contribution < 1.29 is 14.3 Å². The van der Waals surface area contributed by atoms with Crippen LogP contribution in [-0.4, -0.2) is 16.8 Å². The van der Waals surface area contributed by atoms with E-state index in [2.05, 4.69) is 15.6 Å². The van der Waals surface area contributed by atoms with Gasteiger partial charge in [0.25, 0.3) is 5.91 Å². The third-order valence-corrected chi connectivity index (χ3v) is 5.37. The van der Waals surface area contributed by atoms with Crippen molar-refractivity contribution >= 4 is 55.8 Å². The van der Waals surface area contributed by atoms with Crippen LogP contribution in [0.3, 0.4) is 0 Å². The molecule has 0 atom stereocenters. The van der Waals surface area contributed by atoms with Gasteiger partial charge in [-0.1, -0.05) is 35.1 Å². The van der Waals surface area contributed by atoms with Crippen LogP contribution < -0.4 is 15.4 Å². The van der Waals surface area contributed by atoms with Crippen LogP contribution in [0, 0.1) is 0 Å². The molecule has 1 aromatic heterocycles. The third kappa shape index (κ3) is 4.59. The molecular formula is C22H16ClN3O3S. The molecule has 30 heavy (non-hydrogen) atoms. The lowest BCUT2D eigenvalue weighted by atomic mass is 10.2. The molecule has 0 aliphatic carbocycles. The standard InChI is InChI=1S/C22H16ClN3O3S/c1-13(27)24-22-26-18-12-15(8-11-20(18)30-22)25-21(28)14-6-9-16(10-7-14)29-19-5-3-2-4-17(19)23/h2-12H,1H3,(H,25,28)(H,24,26,27). The highest BCUT2D eigenvalue weighted by molar-refractivity contribution is 7.22. The van der Waals surface area contributed by atoms with Crippen molar-refractivity contribution in [1.82, 2.24) is 4.98 Å². The number of benzene rings is 3. The van der Waals surface area contributed by atoms with Crippen LogP contribution >= 0.6 is 22.9 Å². The summed E-state index contributed by atoms with van der Waals surface area (Å²) in [5.41, 5.74) is 1.80. The zero-order valence-corrected chi connectivity index (χ0v) is 17.4. The molecule has 3 aromatic carbocycles. The first-order valence-electron chi connectivity index (χ1n) is 9.00. The first kappa shape index (κ1) is 19.9. The Labute approximate surface area is 181 Å². The Morgan fingerprint density at radius 1 is 1.00 bits per heavy atom. The number of nitrogens with one attached hydrogen (secondary N) is 2. The van der Waals surface area contributed by atoms with E-state index >= 15 is 0 Å². The number of nitrogens with zero attached hydrogens (tertiary/aromatic N) is 1. The number of ether oxygens (including phenoxy) is 1. The molecule has 0 spiro atoms. The molecule has 2 N–H and O–H groups in total. The molecule has 4 aromatic rings. The minimum atomic E-state index is -0.254. The van der Waals surface area contributed by atoms with Crippen LogP contribution in [0.2, 0.25) is 5.02 Å². The first-order chi connectivity index (χ1) is 14.5. The number of para-hydroxylation sites is 1. The van der Waals surface area contributed by atoms with Crippen LogP contribution in [0.25, 0.3) is 10.2 Å². The lowest BCUT2D eigenvalue weighted by molar-refractivity contribution is -0.114. The smallest absolute Gasteiger partial charge is 0.255 e. The maximum atomic E-state index is 12.6. The minimum absolute atomic E-state index is 0.176. The summed E-state index contributed by atoms with van der Waals surface area (Å²) < 4.78 is 6.65. The molecule has 0 aliphatic rings. The Balaban J connectivity index is 1.45. The predicted octanol–water partition coefficient (Wildman–Crippen LogP) is 5.95. The monoisotopic (exact) mass is 437 g/mol. The number of thiazole rings is 1. The number of aromatic nitrogens is 1. The highest BCUT2D eigenvalue weighted by Gasteiger charge is 2.10. The van der Waals surface area contributed by atoms with E-state index in [1.165, 1.54) is 18.3 Å².